The van der Waals surface area contributed by atoms with Crippen LogP contribution in [-0.4, -0.2) is 37.1 Å². The largest absolute Gasteiger partial charge is 0.356 e. The Kier molecular flexibility index (Phi) is 9.19. The molecule has 0 bridgehead atoms. The number of guanidine groups is 1. The van der Waals surface area contributed by atoms with E-state index < -0.39 is 11.6 Å². The normalized spacial score (nSPS) is 19.1. The molecular formula is C16H24F2IN3S. The predicted molar refractivity (Wildman–Crippen MR) is 105 cm³/mol. The van der Waals surface area contributed by atoms with Gasteiger partial charge in [0.25, 0.3) is 0 Å². The fraction of sp³-hybridized carbons (Fsp3) is 0.562. The first-order valence-electron chi connectivity index (χ1n) is 7.61. The van der Waals surface area contributed by atoms with Crippen molar-refractivity contribution in [3.8, 4) is 0 Å². The van der Waals surface area contributed by atoms with E-state index >= 15 is 0 Å². The zero-order valence-corrected chi connectivity index (χ0v) is 16.6. The second-order valence-electron chi connectivity index (χ2n) is 5.54. The molecule has 1 aliphatic rings. The summed E-state index contributed by atoms with van der Waals surface area (Å²) < 4.78 is 26.7. The van der Waals surface area contributed by atoms with Crippen molar-refractivity contribution in [2.24, 2.45) is 4.99 Å². The molecule has 2 atom stereocenters. The highest BCUT2D eigenvalue weighted by Gasteiger charge is 2.16. The molecule has 0 aromatic heterocycles. The summed E-state index contributed by atoms with van der Waals surface area (Å²) in [6.07, 6.45) is 2.52. The monoisotopic (exact) mass is 455 g/mol. The minimum Gasteiger partial charge on any atom is -0.356 e. The lowest BCUT2D eigenvalue weighted by molar-refractivity contribution is 0.556. The molecule has 3 nitrogen and oxygen atoms in total. The van der Waals surface area contributed by atoms with E-state index in [9.17, 15) is 8.78 Å². The Morgan fingerprint density at radius 2 is 2.17 bits per heavy atom. The highest BCUT2D eigenvalue weighted by Crippen LogP contribution is 2.25. The molecule has 0 saturated carbocycles. The van der Waals surface area contributed by atoms with Crippen molar-refractivity contribution in [3.05, 3.63) is 35.4 Å². The lowest BCUT2D eigenvalue weighted by Gasteiger charge is -2.18. The molecule has 130 valence electrons. The Labute approximate surface area is 158 Å². The summed E-state index contributed by atoms with van der Waals surface area (Å²) in [4.78, 5) is 4.18. The van der Waals surface area contributed by atoms with Crippen LogP contribution in [0.2, 0.25) is 0 Å². The second kappa shape index (κ2) is 10.3. The number of thioether (sulfide) groups is 1. The van der Waals surface area contributed by atoms with Crippen molar-refractivity contribution < 1.29 is 8.78 Å². The van der Waals surface area contributed by atoms with E-state index in [4.69, 9.17) is 0 Å². The van der Waals surface area contributed by atoms with Gasteiger partial charge in [-0.1, -0.05) is 13.0 Å². The summed E-state index contributed by atoms with van der Waals surface area (Å²) in [5.41, 5.74) is 0.510. The smallest absolute Gasteiger partial charge is 0.191 e. The molecule has 0 amide bonds. The Balaban J connectivity index is 0.00000264. The first-order chi connectivity index (χ1) is 10.6. The van der Waals surface area contributed by atoms with Crippen molar-refractivity contribution in [1.29, 1.82) is 0 Å². The van der Waals surface area contributed by atoms with Gasteiger partial charge in [-0.2, -0.15) is 11.8 Å². The van der Waals surface area contributed by atoms with Crippen LogP contribution in [0, 0.1) is 11.6 Å². The lowest BCUT2D eigenvalue weighted by atomic mass is 10.0. The van der Waals surface area contributed by atoms with E-state index in [0.717, 1.165) is 18.6 Å². The molecule has 2 rings (SSSR count). The molecule has 1 aliphatic heterocycles. The van der Waals surface area contributed by atoms with Gasteiger partial charge in [-0.25, -0.2) is 8.78 Å². The Morgan fingerprint density at radius 3 is 2.78 bits per heavy atom. The van der Waals surface area contributed by atoms with E-state index in [1.165, 1.54) is 30.7 Å². The van der Waals surface area contributed by atoms with E-state index in [2.05, 4.69) is 15.6 Å². The number of halogens is 3. The van der Waals surface area contributed by atoms with Crippen LogP contribution in [0.3, 0.4) is 0 Å². The number of benzene rings is 1. The zero-order valence-electron chi connectivity index (χ0n) is 13.4. The van der Waals surface area contributed by atoms with E-state index in [1.807, 2.05) is 18.7 Å². The number of nitrogens with one attached hydrogen (secondary N) is 2. The quantitative estimate of drug-likeness (QED) is 0.404. The molecule has 0 radical (unpaired) electrons. The summed E-state index contributed by atoms with van der Waals surface area (Å²) in [7, 11) is 1.72. The minimum atomic E-state index is -0.548. The van der Waals surface area contributed by atoms with Gasteiger partial charge >= 0.3 is 0 Å². The van der Waals surface area contributed by atoms with Gasteiger partial charge < -0.3 is 10.6 Å². The summed E-state index contributed by atoms with van der Waals surface area (Å²) in [5.74, 6) is 0.841. The van der Waals surface area contributed by atoms with E-state index in [-0.39, 0.29) is 29.9 Å². The van der Waals surface area contributed by atoms with Gasteiger partial charge in [0.1, 0.15) is 11.6 Å². The van der Waals surface area contributed by atoms with Gasteiger partial charge in [-0.3, -0.25) is 4.99 Å². The highest BCUT2D eigenvalue weighted by atomic mass is 127. The first-order valence-corrected chi connectivity index (χ1v) is 8.66. The number of rotatable bonds is 5. The third kappa shape index (κ3) is 6.45. The molecule has 1 heterocycles. The van der Waals surface area contributed by atoms with Crippen LogP contribution in [0.5, 0.6) is 0 Å². The van der Waals surface area contributed by atoms with Crippen LogP contribution < -0.4 is 10.6 Å². The molecule has 1 fully saturated rings. The average Bonchev–Trinajstić information content (AvgIpc) is 3.00. The van der Waals surface area contributed by atoms with Crippen molar-refractivity contribution in [1.82, 2.24) is 10.6 Å². The fourth-order valence-electron chi connectivity index (χ4n) is 2.50. The molecule has 2 unspecified atom stereocenters. The van der Waals surface area contributed by atoms with Gasteiger partial charge in [0.2, 0.25) is 0 Å². The molecule has 1 aromatic rings. The summed E-state index contributed by atoms with van der Waals surface area (Å²) in [5, 5.41) is 7.15. The number of aliphatic imine (C=N–C) groups is 1. The molecule has 0 spiro atoms. The maximum absolute atomic E-state index is 13.7. The molecule has 1 aromatic carbocycles. The van der Waals surface area contributed by atoms with Gasteiger partial charge in [-0.15, -0.1) is 24.0 Å². The lowest BCUT2D eigenvalue weighted by Crippen LogP contribution is -2.41. The first kappa shape index (κ1) is 20.5. The maximum atomic E-state index is 13.7. The van der Waals surface area contributed by atoms with Crippen LogP contribution in [0.1, 0.15) is 31.2 Å². The predicted octanol–water partition coefficient (Wildman–Crippen LogP) is 3.75. The van der Waals surface area contributed by atoms with Crippen LogP contribution in [0.4, 0.5) is 8.78 Å². The van der Waals surface area contributed by atoms with Crippen LogP contribution >= 0.6 is 35.7 Å². The summed E-state index contributed by atoms with van der Waals surface area (Å²) >= 11 is 1.99. The van der Waals surface area contributed by atoms with E-state index in [1.54, 1.807) is 7.05 Å². The van der Waals surface area contributed by atoms with Crippen molar-refractivity contribution in [2.45, 2.75) is 30.9 Å². The Morgan fingerprint density at radius 1 is 1.39 bits per heavy atom. The van der Waals surface area contributed by atoms with Crippen molar-refractivity contribution in [3.63, 3.8) is 0 Å². The van der Waals surface area contributed by atoms with Crippen molar-refractivity contribution >= 4 is 41.7 Å². The minimum absolute atomic E-state index is 0. The molecule has 7 heteroatoms. The summed E-state index contributed by atoms with van der Waals surface area (Å²) in [6.45, 7) is 3.34. The Hall–Kier alpha value is -0.570. The Bertz CT molecular complexity index is 522. The standard InChI is InChI=1S/C16H23F2N3S.HI/c1-11(14-6-5-12(17)8-15(14)18)9-20-16(19-2)21-10-13-4-3-7-22-13;/h5-6,8,11,13H,3-4,7,9-10H2,1-2H3,(H2,19,20,21);1H. The zero-order chi connectivity index (χ0) is 15.9. The maximum Gasteiger partial charge on any atom is 0.191 e. The fourth-order valence-corrected chi connectivity index (χ4v) is 3.70. The summed E-state index contributed by atoms with van der Waals surface area (Å²) in [6, 6.07) is 3.72. The van der Waals surface area contributed by atoms with Gasteiger partial charge in [0, 0.05) is 37.4 Å². The van der Waals surface area contributed by atoms with Gasteiger partial charge in [0.05, 0.1) is 0 Å². The molecule has 2 N–H and O–H groups in total. The van der Waals surface area contributed by atoms with Gasteiger partial charge in [-0.05, 0) is 30.2 Å². The second-order valence-corrected chi connectivity index (χ2v) is 6.94. The van der Waals surface area contributed by atoms with Crippen LogP contribution in [0.15, 0.2) is 23.2 Å². The van der Waals surface area contributed by atoms with Gasteiger partial charge in [0.15, 0.2) is 5.96 Å². The third-order valence-corrected chi connectivity index (χ3v) is 5.21. The molecular weight excluding hydrogens is 431 g/mol. The average molecular weight is 455 g/mol. The molecule has 1 saturated heterocycles. The number of hydrogen-bond acceptors (Lipinski definition) is 2. The van der Waals surface area contributed by atoms with Crippen molar-refractivity contribution in [2.75, 3.05) is 25.9 Å². The SMILES string of the molecule is CN=C(NCC1CCCS1)NCC(C)c1ccc(F)cc1F.I. The molecule has 0 aliphatic carbocycles. The topological polar surface area (TPSA) is 36.4 Å². The molecule has 23 heavy (non-hydrogen) atoms. The third-order valence-electron chi connectivity index (χ3n) is 3.81. The van der Waals surface area contributed by atoms with Crippen LogP contribution in [0.25, 0.3) is 0 Å². The van der Waals surface area contributed by atoms with E-state index in [0.29, 0.717) is 17.4 Å². The number of nitrogens with zero attached hydrogens (tertiary/aromatic N) is 1. The highest BCUT2D eigenvalue weighted by molar-refractivity contribution is 14.0. The number of hydrogen-bond donors (Lipinski definition) is 2. The van der Waals surface area contributed by atoms with Crippen LogP contribution in [-0.2, 0) is 0 Å².